The highest BCUT2D eigenvalue weighted by atomic mass is 79.9. The van der Waals surface area contributed by atoms with Crippen LogP contribution in [0.25, 0.3) is 0 Å². The fraction of sp³-hybridized carbons (Fsp3) is 0.118. The van der Waals surface area contributed by atoms with Crippen molar-refractivity contribution in [2.75, 3.05) is 7.11 Å². The van der Waals surface area contributed by atoms with E-state index in [9.17, 15) is 19.7 Å². The highest BCUT2D eigenvalue weighted by molar-refractivity contribution is 9.10. The average molecular weight is 436 g/mol. The number of esters is 1. The third-order valence-corrected chi connectivity index (χ3v) is 3.77. The minimum atomic E-state index is -0.691. The molecule has 0 spiro atoms. The molecule has 2 rings (SSSR count). The minimum absolute atomic E-state index is 0.0591. The lowest BCUT2D eigenvalue weighted by atomic mass is 10.1. The molecular formula is C17H14BrN3O6. The topological polar surface area (TPSA) is 120 Å². The zero-order valence-corrected chi connectivity index (χ0v) is 15.8. The van der Waals surface area contributed by atoms with Gasteiger partial charge in [0.1, 0.15) is 0 Å². The van der Waals surface area contributed by atoms with Gasteiger partial charge in [-0.2, -0.15) is 5.10 Å². The molecule has 0 saturated heterocycles. The van der Waals surface area contributed by atoms with E-state index in [0.29, 0.717) is 5.56 Å². The summed E-state index contributed by atoms with van der Waals surface area (Å²) in [6.07, 6.45) is 1.11. The third-order valence-electron chi connectivity index (χ3n) is 3.24. The van der Waals surface area contributed by atoms with Crippen LogP contribution in [0.2, 0.25) is 0 Å². The van der Waals surface area contributed by atoms with E-state index in [-0.39, 0.29) is 17.1 Å². The maximum Gasteiger partial charge on any atom is 0.323 e. The van der Waals surface area contributed by atoms with Crippen LogP contribution in [0, 0.1) is 10.1 Å². The Hall–Kier alpha value is -3.27. The number of nitrogens with one attached hydrogen (secondary N) is 1. The van der Waals surface area contributed by atoms with Gasteiger partial charge in [0.05, 0.1) is 23.8 Å². The number of methoxy groups -OCH3 is 1. The van der Waals surface area contributed by atoms with Crippen LogP contribution in [0.5, 0.6) is 11.5 Å². The minimum Gasteiger partial charge on any atom is -0.488 e. The molecule has 1 N–H and O–H groups in total. The summed E-state index contributed by atoms with van der Waals surface area (Å²) < 4.78 is 10.7. The predicted molar refractivity (Wildman–Crippen MR) is 100 cm³/mol. The molecule has 0 aromatic heterocycles. The molecule has 9 nitrogen and oxygen atoms in total. The summed E-state index contributed by atoms with van der Waals surface area (Å²) in [5, 5.41) is 15.2. The van der Waals surface area contributed by atoms with Crippen LogP contribution in [-0.4, -0.2) is 30.1 Å². The van der Waals surface area contributed by atoms with Crippen LogP contribution in [0.4, 0.5) is 5.69 Å². The zero-order valence-electron chi connectivity index (χ0n) is 14.3. The number of amides is 1. The van der Waals surface area contributed by atoms with Gasteiger partial charge < -0.3 is 9.47 Å². The molecule has 0 saturated carbocycles. The van der Waals surface area contributed by atoms with Crippen LogP contribution in [0.3, 0.4) is 0 Å². The van der Waals surface area contributed by atoms with Gasteiger partial charge >= 0.3 is 11.7 Å². The molecule has 27 heavy (non-hydrogen) atoms. The molecule has 0 aliphatic carbocycles. The first kappa shape index (κ1) is 20.0. The van der Waals surface area contributed by atoms with Gasteiger partial charge in [0.15, 0.2) is 5.75 Å². The van der Waals surface area contributed by atoms with Crippen molar-refractivity contribution in [1.29, 1.82) is 0 Å². The molecular weight excluding hydrogens is 422 g/mol. The van der Waals surface area contributed by atoms with E-state index >= 15 is 0 Å². The molecule has 0 heterocycles. The molecule has 0 radical (unpaired) electrons. The van der Waals surface area contributed by atoms with Gasteiger partial charge in [0, 0.05) is 17.0 Å². The number of hydrogen-bond donors (Lipinski definition) is 1. The Morgan fingerprint density at radius 2 is 1.89 bits per heavy atom. The molecule has 1 amide bonds. The van der Waals surface area contributed by atoms with Crippen molar-refractivity contribution in [3.8, 4) is 11.5 Å². The summed E-state index contributed by atoms with van der Waals surface area (Å²) >= 11 is 3.27. The largest absolute Gasteiger partial charge is 0.488 e. The smallest absolute Gasteiger partial charge is 0.323 e. The van der Waals surface area contributed by atoms with Crippen molar-refractivity contribution in [2.45, 2.75) is 6.92 Å². The second-order valence-corrected chi connectivity index (χ2v) is 6.01. The Morgan fingerprint density at radius 3 is 2.44 bits per heavy atom. The van der Waals surface area contributed by atoms with Crippen LogP contribution >= 0.6 is 15.9 Å². The Kier molecular flexibility index (Phi) is 6.61. The number of carbonyl (C=O) groups is 2. The summed E-state index contributed by atoms with van der Waals surface area (Å²) in [6.45, 7) is 1.16. The van der Waals surface area contributed by atoms with Crippen molar-refractivity contribution in [1.82, 2.24) is 5.43 Å². The van der Waals surface area contributed by atoms with Crippen molar-refractivity contribution < 1.29 is 24.0 Å². The molecule has 0 aliphatic heterocycles. The first-order valence-electron chi connectivity index (χ1n) is 7.46. The number of hydrazone groups is 1. The van der Waals surface area contributed by atoms with Crippen LogP contribution < -0.4 is 14.9 Å². The van der Waals surface area contributed by atoms with Gasteiger partial charge in [0.25, 0.3) is 5.91 Å². The van der Waals surface area contributed by atoms with Gasteiger partial charge in [-0.1, -0.05) is 15.9 Å². The highest BCUT2D eigenvalue weighted by Crippen LogP contribution is 2.39. The van der Waals surface area contributed by atoms with E-state index in [1.807, 2.05) is 0 Å². The van der Waals surface area contributed by atoms with Crippen LogP contribution in [0.15, 0.2) is 46.0 Å². The molecule has 2 aromatic rings. The van der Waals surface area contributed by atoms with Gasteiger partial charge in [-0.15, -0.1) is 0 Å². The lowest BCUT2D eigenvalue weighted by molar-refractivity contribution is -0.385. The Balaban J connectivity index is 2.28. The SMILES string of the molecule is COc1c(OC(C)=O)ccc(C=NNC(=O)c2ccc(Br)cc2)c1[N+](=O)[O-]. The normalized spacial score (nSPS) is 10.5. The number of rotatable bonds is 6. The second kappa shape index (κ2) is 8.90. The molecule has 140 valence electrons. The monoisotopic (exact) mass is 435 g/mol. The summed E-state index contributed by atoms with van der Waals surface area (Å²) in [5.41, 5.74) is 2.26. The first-order valence-corrected chi connectivity index (χ1v) is 8.25. The number of nitrogens with zero attached hydrogens (tertiary/aromatic N) is 2. The number of hydrogen-bond acceptors (Lipinski definition) is 7. The van der Waals surface area contributed by atoms with Crippen LogP contribution in [-0.2, 0) is 4.79 Å². The standard InChI is InChI=1S/C17H14BrN3O6/c1-10(22)27-14-8-5-12(15(21(24)25)16(14)26-2)9-19-20-17(23)11-3-6-13(18)7-4-11/h3-9H,1-2H3,(H,20,23). The number of carbonyl (C=O) groups excluding carboxylic acids is 2. The summed E-state index contributed by atoms with van der Waals surface area (Å²) in [4.78, 5) is 33.9. The molecule has 0 bridgehead atoms. The quantitative estimate of drug-likeness (QED) is 0.244. The first-order chi connectivity index (χ1) is 12.8. The third kappa shape index (κ3) is 5.11. The molecule has 0 unspecified atom stereocenters. The highest BCUT2D eigenvalue weighted by Gasteiger charge is 2.25. The number of benzene rings is 2. The van der Waals surface area contributed by atoms with Crippen molar-refractivity contribution >= 4 is 39.7 Å². The summed E-state index contributed by atoms with van der Waals surface area (Å²) in [7, 11) is 1.21. The lowest BCUT2D eigenvalue weighted by Gasteiger charge is -2.09. The molecule has 0 aliphatic rings. The van der Waals surface area contributed by atoms with Gasteiger partial charge in [-0.25, -0.2) is 5.43 Å². The van der Waals surface area contributed by atoms with Crippen molar-refractivity contribution in [2.24, 2.45) is 5.10 Å². The van der Waals surface area contributed by atoms with E-state index in [2.05, 4.69) is 26.5 Å². The van der Waals surface area contributed by atoms with Gasteiger partial charge in [-0.05, 0) is 36.4 Å². The maximum absolute atomic E-state index is 12.0. The molecule has 0 atom stereocenters. The second-order valence-electron chi connectivity index (χ2n) is 5.09. The molecule has 2 aromatic carbocycles. The van der Waals surface area contributed by atoms with E-state index in [1.54, 1.807) is 24.3 Å². The van der Waals surface area contributed by atoms with Crippen LogP contribution in [0.1, 0.15) is 22.8 Å². The van der Waals surface area contributed by atoms with Gasteiger partial charge in [-0.3, -0.25) is 19.7 Å². The van der Waals surface area contributed by atoms with E-state index in [0.717, 1.165) is 17.6 Å². The summed E-state index contributed by atoms with van der Waals surface area (Å²) in [6, 6.07) is 9.24. The predicted octanol–water partition coefficient (Wildman–Crippen LogP) is 3.06. The Labute approximate surface area is 162 Å². The Morgan fingerprint density at radius 1 is 1.22 bits per heavy atom. The average Bonchev–Trinajstić information content (AvgIpc) is 2.62. The fourth-order valence-electron chi connectivity index (χ4n) is 2.12. The van der Waals surface area contributed by atoms with Gasteiger partial charge in [0.2, 0.25) is 5.75 Å². The number of ether oxygens (including phenoxy) is 2. The van der Waals surface area contributed by atoms with E-state index < -0.39 is 22.5 Å². The number of nitro groups is 1. The number of nitro benzene ring substituents is 1. The summed E-state index contributed by atoms with van der Waals surface area (Å²) in [5.74, 6) is -1.44. The van der Waals surface area contributed by atoms with Crippen molar-refractivity contribution in [3.05, 3.63) is 62.1 Å². The number of halogens is 1. The lowest BCUT2D eigenvalue weighted by Crippen LogP contribution is -2.17. The molecule has 0 fully saturated rings. The zero-order chi connectivity index (χ0) is 20.0. The maximum atomic E-state index is 12.0. The fourth-order valence-corrected chi connectivity index (χ4v) is 2.38. The van der Waals surface area contributed by atoms with E-state index in [1.165, 1.54) is 19.2 Å². The van der Waals surface area contributed by atoms with E-state index in [4.69, 9.17) is 9.47 Å². The Bertz CT molecular complexity index is 912. The molecule has 10 heteroatoms. The van der Waals surface area contributed by atoms with Crippen molar-refractivity contribution in [3.63, 3.8) is 0 Å².